The molecule has 3 rings (SSSR count). The van der Waals surface area contributed by atoms with Gasteiger partial charge in [-0.1, -0.05) is 29.8 Å². The van der Waals surface area contributed by atoms with Gasteiger partial charge in [0, 0.05) is 6.54 Å². The molecular weight excluding hydrogens is 352 g/mol. The van der Waals surface area contributed by atoms with Crippen molar-refractivity contribution in [3.8, 4) is 5.75 Å². The molecule has 0 spiro atoms. The first-order valence-electron chi connectivity index (χ1n) is 7.29. The number of anilines is 2. The molecule has 0 radical (unpaired) electrons. The number of rotatable bonds is 3. The van der Waals surface area contributed by atoms with E-state index in [9.17, 15) is 13.2 Å². The van der Waals surface area contributed by atoms with Gasteiger partial charge in [-0.05, 0) is 36.8 Å². The molecule has 1 amide bonds. The van der Waals surface area contributed by atoms with Gasteiger partial charge in [0.2, 0.25) is 10.0 Å². The molecule has 6 nitrogen and oxygen atoms in total. The van der Waals surface area contributed by atoms with Crippen LogP contribution in [0.2, 0.25) is 5.02 Å². The lowest BCUT2D eigenvalue weighted by Crippen LogP contribution is -2.25. The van der Waals surface area contributed by atoms with Gasteiger partial charge in [-0.3, -0.25) is 9.62 Å². The first kappa shape index (κ1) is 16.6. The van der Waals surface area contributed by atoms with Crippen LogP contribution < -0.4 is 14.4 Å². The highest BCUT2D eigenvalue weighted by Crippen LogP contribution is 2.31. The first-order chi connectivity index (χ1) is 11.5. The molecule has 0 saturated carbocycles. The third-order valence-corrected chi connectivity index (χ3v) is 5.71. The second-order valence-electron chi connectivity index (χ2n) is 5.23. The molecule has 1 heterocycles. The number of carbonyl (C=O) groups excluding carboxylic acids is 1. The number of ether oxygens (including phenoxy) is 1. The topological polar surface area (TPSA) is 75.7 Å². The van der Waals surface area contributed by atoms with E-state index < -0.39 is 16.1 Å². The van der Waals surface area contributed by atoms with Gasteiger partial charge in [0.05, 0.1) is 22.2 Å². The van der Waals surface area contributed by atoms with Gasteiger partial charge >= 0.3 is 6.09 Å². The van der Waals surface area contributed by atoms with Crippen molar-refractivity contribution in [2.24, 2.45) is 0 Å². The fourth-order valence-corrected chi connectivity index (χ4v) is 4.20. The molecule has 126 valence electrons. The van der Waals surface area contributed by atoms with Crippen LogP contribution in [0.4, 0.5) is 16.2 Å². The fourth-order valence-electron chi connectivity index (χ4n) is 2.42. The summed E-state index contributed by atoms with van der Waals surface area (Å²) in [7, 11) is -3.27. The summed E-state index contributed by atoms with van der Waals surface area (Å²) >= 11 is 6.16. The van der Waals surface area contributed by atoms with Crippen molar-refractivity contribution < 1.29 is 17.9 Å². The zero-order chi connectivity index (χ0) is 17.2. The van der Waals surface area contributed by atoms with Crippen LogP contribution in [-0.2, 0) is 10.0 Å². The lowest BCUT2D eigenvalue weighted by molar-refractivity contribution is 0.215. The average Bonchev–Trinajstić information content (AvgIpc) is 2.89. The van der Waals surface area contributed by atoms with Crippen molar-refractivity contribution in [1.82, 2.24) is 0 Å². The lowest BCUT2D eigenvalue weighted by Gasteiger charge is -2.18. The van der Waals surface area contributed by atoms with E-state index >= 15 is 0 Å². The molecule has 0 atom stereocenters. The van der Waals surface area contributed by atoms with Crippen LogP contribution >= 0.6 is 11.6 Å². The molecule has 1 saturated heterocycles. The molecule has 2 aromatic rings. The largest absolute Gasteiger partial charge is 0.417 e. The van der Waals surface area contributed by atoms with Gasteiger partial charge in [0.15, 0.2) is 0 Å². The molecule has 0 unspecified atom stereocenters. The molecule has 0 aliphatic carbocycles. The average molecular weight is 367 g/mol. The maximum absolute atomic E-state index is 11.9. The first-order valence-corrected chi connectivity index (χ1v) is 9.28. The van der Waals surface area contributed by atoms with Gasteiger partial charge in [-0.2, -0.15) is 0 Å². The summed E-state index contributed by atoms with van der Waals surface area (Å²) in [6.45, 7) is 0.432. The van der Waals surface area contributed by atoms with Gasteiger partial charge < -0.3 is 4.74 Å². The number of halogens is 1. The van der Waals surface area contributed by atoms with Crippen molar-refractivity contribution in [2.75, 3.05) is 21.9 Å². The van der Waals surface area contributed by atoms with Crippen LogP contribution in [0, 0.1) is 0 Å². The summed E-state index contributed by atoms with van der Waals surface area (Å²) in [5.41, 5.74) is 0.831. The Balaban J connectivity index is 1.72. The van der Waals surface area contributed by atoms with E-state index in [1.54, 1.807) is 36.4 Å². The Labute approximate surface area is 145 Å². The maximum atomic E-state index is 11.9. The summed E-state index contributed by atoms with van der Waals surface area (Å²) in [6, 6.07) is 13.3. The number of carbonyl (C=O) groups is 1. The quantitative estimate of drug-likeness (QED) is 0.902. The number of amides is 1. The Morgan fingerprint density at radius 2 is 1.92 bits per heavy atom. The summed E-state index contributed by atoms with van der Waals surface area (Å²) in [6.07, 6.45) is -0.0896. The Kier molecular flexibility index (Phi) is 4.64. The number of nitrogens with zero attached hydrogens (tertiary/aromatic N) is 1. The van der Waals surface area contributed by atoms with Crippen molar-refractivity contribution in [3.63, 3.8) is 0 Å². The molecule has 1 N–H and O–H groups in total. The predicted molar refractivity (Wildman–Crippen MR) is 93.3 cm³/mol. The van der Waals surface area contributed by atoms with Crippen LogP contribution in [0.5, 0.6) is 5.75 Å². The summed E-state index contributed by atoms with van der Waals surface area (Å²) < 4.78 is 30.3. The van der Waals surface area contributed by atoms with Crippen LogP contribution in [0.15, 0.2) is 48.5 Å². The molecule has 24 heavy (non-hydrogen) atoms. The van der Waals surface area contributed by atoms with E-state index in [1.165, 1.54) is 10.4 Å². The molecule has 1 aliphatic heterocycles. The second-order valence-corrected chi connectivity index (χ2v) is 7.65. The van der Waals surface area contributed by atoms with E-state index in [-0.39, 0.29) is 10.8 Å². The molecule has 0 aromatic heterocycles. The maximum Gasteiger partial charge on any atom is 0.417 e. The monoisotopic (exact) mass is 366 g/mol. The lowest BCUT2D eigenvalue weighted by atomic mass is 10.2. The van der Waals surface area contributed by atoms with E-state index in [0.29, 0.717) is 30.1 Å². The van der Waals surface area contributed by atoms with Crippen molar-refractivity contribution in [3.05, 3.63) is 53.6 Å². The number of nitrogens with one attached hydrogen (secondary N) is 1. The minimum atomic E-state index is -3.27. The van der Waals surface area contributed by atoms with E-state index in [0.717, 1.165) is 0 Å². The molecule has 8 heteroatoms. The third-order valence-electron chi connectivity index (χ3n) is 3.53. The Hall–Kier alpha value is -2.25. The Morgan fingerprint density at radius 3 is 2.54 bits per heavy atom. The van der Waals surface area contributed by atoms with Gasteiger partial charge in [-0.25, -0.2) is 13.2 Å². The third kappa shape index (κ3) is 3.63. The highest BCUT2D eigenvalue weighted by Gasteiger charge is 2.28. The number of para-hydroxylation sites is 1. The number of hydrogen-bond acceptors (Lipinski definition) is 4. The minimum absolute atomic E-state index is 0.133. The number of sulfonamides is 1. The van der Waals surface area contributed by atoms with Gasteiger partial charge in [0.1, 0.15) is 5.75 Å². The Bertz CT molecular complexity index is 856. The number of hydrogen-bond donors (Lipinski definition) is 1. The molecular formula is C16H15ClN2O4S. The summed E-state index contributed by atoms with van der Waals surface area (Å²) in [4.78, 5) is 11.9. The van der Waals surface area contributed by atoms with Gasteiger partial charge in [0.25, 0.3) is 0 Å². The molecule has 1 fully saturated rings. The van der Waals surface area contributed by atoms with Crippen LogP contribution in [0.1, 0.15) is 6.42 Å². The standard InChI is InChI=1S/C16H15ClN2O4S/c17-14-11-12(19-9-4-10-24(19,21)22)7-8-15(14)18-16(20)23-13-5-2-1-3-6-13/h1-3,5-8,11H,4,9-10H2,(H,18,20). The molecule has 0 bridgehead atoms. The highest BCUT2D eigenvalue weighted by atomic mass is 35.5. The highest BCUT2D eigenvalue weighted by molar-refractivity contribution is 7.93. The van der Waals surface area contributed by atoms with Crippen LogP contribution in [0.3, 0.4) is 0 Å². The van der Waals surface area contributed by atoms with Gasteiger partial charge in [-0.15, -0.1) is 0 Å². The summed E-state index contributed by atoms with van der Waals surface area (Å²) in [5, 5.41) is 2.77. The van der Waals surface area contributed by atoms with Crippen molar-refractivity contribution in [2.45, 2.75) is 6.42 Å². The zero-order valence-corrected chi connectivity index (χ0v) is 14.2. The Morgan fingerprint density at radius 1 is 1.17 bits per heavy atom. The van der Waals surface area contributed by atoms with E-state index in [2.05, 4.69) is 5.32 Å². The molecule has 1 aliphatic rings. The fraction of sp³-hybridized carbons (Fsp3) is 0.188. The van der Waals surface area contributed by atoms with Crippen LogP contribution in [-0.4, -0.2) is 26.8 Å². The SMILES string of the molecule is O=C(Nc1ccc(N2CCCS2(=O)=O)cc1Cl)Oc1ccccc1. The van der Waals surface area contributed by atoms with Crippen molar-refractivity contribution >= 4 is 39.1 Å². The molecule has 2 aromatic carbocycles. The second kappa shape index (κ2) is 6.70. The summed E-state index contributed by atoms with van der Waals surface area (Å²) in [5.74, 6) is 0.541. The van der Waals surface area contributed by atoms with E-state index in [1.807, 2.05) is 6.07 Å². The predicted octanol–water partition coefficient (Wildman–Crippen LogP) is 3.49. The zero-order valence-electron chi connectivity index (χ0n) is 12.6. The number of benzene rings is 2. The minimum Gasteiger partial charge on any atom is -0.410 e. The van der Waals surface area contributed by atoms with E-state index in [4.69, 9.17) is 16.3 Å². The van der Waals surface area contributed by atoms with Crippen molar-refractivity contribution in [1.29, 1.82) is 0 Å². The van der Waals surface area contributed by atoms with Crippen LogP contribution in [0.25, 0.3) is 0 Å². The normalized spacial score (nSPS) is 16.0. The smallest absolute Gasteiger partial charge is 0.410 e.